The number of aromatic nitrogens is 4. The van der Waals surface area contributed by atoms with Crippen LogP contribution in [0.3, 0.4) is 0 Å². The molecule has 10 rings (SSSR count). The van der Waals surface area contributed by atoms with Gasteiger partial charge in [0.1, 0.15) is 0 Å². The number of fused-ring (bicyclic) bond motifs is 3. The zero-order chi connectivity index (χ0) is 37.8. The third-order valence-electron chi connectivity index (χ3n) is 11.0. The lowest BCUT2D eigenvalue weighted by molar-refractivity contribution is 0.795. The Morgan fingerprint density at radius 3 is 1.39 bits per heavy atom. The summed E-state index contributed by atoms with van der Waals surface area (Å²) in [7, 11) is 3.62. The van der Waals surface area contributed by atoms with Crippen molar-refractivity contribution in [3.63, 3.8) is 0 Å². The summed E-state index contributed by atoms with van der Waals surface area (Å²) in [5.41, 5.74) is 13.3. The Kier molecular flexibility index (Phi) is 8.00. The summed E-state index contributed by atoms with van der Waals surface area (Å²) >= 11 is 0. The van der Waals surface area contributed by atoms with Crippen molar-refractivity contribution in [1.29, 1.82) is 0 Å². The Bertz CT molecular complexity index is 3100. The number of hydrogen-bond donors (Lipinski definition) is 0. The van der Waals surface area contributed by atoms with Crippen molar-refractivity contribution in [1.82, 2.24) is 19.1 Å². The fourth-order valence-electron chi connectivity index (χ4n) is 8.17. The minimum atomic E-state index is -0.0384. The molecule has 2 heterocycles. The first-order chi connectivity index (χ1) is 27.5. The molecule has 56 heavy (non-hydrogen) atoms. The Morgan fingerprint density at radius 1 is 0.357 bits per heavy atom. The number of nitrogens with zero attached hydrogens (tertiary/aromatic N) is 4. The molecular weight excluding hydrogens is 685 g/mol. The van der Waals surface area contributed by atoms with E-state index in [2.05, 4.69) is 158 Å². The highest BCUT2D eigenvalue weighted by molar-refractivity contribution is 6.21. The van der Waals surface area contributed by atoms with Crippen molar-refractivity contribution in [2.24, 2.45) is 14.1 Å². The van der Waals surface area contributed by atoms with Crippen LogP contribution in [-0.2, 0) is 14.1 Å². The van der Waals surface area contributed by atoms with Crippen molar-refractivity contribution in [2.45, 2.75) is 0 Å². The second-order valence-electron chi connectivity index (χ2n) is 14.3. The molecule has 266 valence electrons. The van der Waals surface area contributed by atoms with Gasteiger partial charge >= 0.3 is 5.69 Å². The highest BCUT2D eigenvalue weighted by Crippen LogP contribution is 2.44. The van der Waals surface area contributed by atoms with E-state index in [4.69, 9.17) is 9.97 Å². The highest BCUT2D eigenvalue weighted by Gasteiger charge is 2.18. The van der Waals surface area contributed by atoms with Gasteiger partial charge in [-0.25, -0.2) is 14.8 Å². The summed E-state index contributed by atoms with van der Waals surface area (Å²) in [4.78, 5) is 22.9. The molecular formula is C51H36N4O. The van der Waals surface area contributed by atoms with Crippen molar-refractivity contribution in [3.05, 3.63) is 192 Å². The van der Waals surface area contributed by atoms with Crippen molar-refractivity contribution < 1.29 is 0 Å². The zero-order valence-corrected chi connectivity index (χ0v) is 31.0. The molecule has 10 aromatic rings. The zero-order valence-electron chi connectivity index (χ0n) is 31.0. The van der Waals surface area contributed by atoms with Crippen LogP contribution in [0, 0.1) is 0 Å². The van der Waals surface area contributed by atoms with Crippen LogP contribution in [0.15, 0.2) is 187 Å². The number of hydrogen-bond acceptors (Lipinski definition) is 3. The molecule has 0 atom stereocenters. The molecule has 0 radical (unpaired) electrons. The number of aryl methyl sites for hydroxylation is 2. The van der Waals surface area contributed by atoms with Crippen LogP contribution in [0.1, 0.15) is 0 Å². The first-order valence-electron chi connectivity index (χ1n) is 18.8. The summed E-state index contributed by atoms with van der Waals surface area (Å²) in [6, 6.07) is 63.9. The number of benzene rings is 8. The normalized spacial score (nSPS) is 11.5. The quantitative estimate of drug-likeness (QED) is 0.161. The van der Waals surface area contributed by atoms with E-state index in [0.29, 0.717) is 5.82 Å². The van der Waals surface area contributed by atoms with E-state index in [9.17, 15) is 4.79 Å². The van der Waals surface area contributed by atoms with Crippen LogP contribution in [0.2, 0.25) is 0 Å². The Hall–Kier alpha value is -7.37. The summed E-state index contributed by atoms with van der Waals surface area (Å²) in [5, 5.41) is 4.92. The molecule has 5 heteroatoms. The molecule has 0 bridgehead atoms. The lowest BCUT2D eigenvalue weighted by atomic mass is 9.86. The summed E-state index contributed by atoms with van der Waals surface area (Å²) in [6.45, 7) is 0. The molecule has 0 saturated carbocycles. The molecule has 8 aromatic carbocycles. The van der Waals surface area contributed by atoms with E-state index >= 15 is 0 Å². The lowest BCUT2D eigenvalue weighted by Crippen LogP contribution is -2.19. The van der Waals surface area contributed by atoms with Crippen molar-refractivity contribution >= 4 is 32.6 Å². The minimum absolute atomic E-state index is 0.0384. The summed E-state index contributed by atoms with van der Waals surface area (Å²) in [6.07, 6.45) is 0. The maximum Gasteiger partial charge on any atom is 0.328 e. The van der Waals surface area contributed by atoms with Gasteiger partial charge in [-0.3, -0.25) is 9.13 Å². The fraction of sp³-hybridized carbons (Fsp3) is 0.0392. The van der Waals surface area contributed by atoms with Gasteiger partial charge in [0.15, 0.2) is 5.82 Å². The van der Waals surface area contributed by atoms with E-state index in [1.54, 1.807) is 9.13 Å². The predicted molar refractivity (Wildman–Crippen MR) is 231 cm³/mol. The van der Waals surface area contributed by atoms with Gasteiger partial charge in [-0.15, -0.1) is 0 Å². The van der Waals surface area contributed by atoms with Gasteiger partial charge in [0.05, 0.1) is 22.4 Å². The maximum absolute atomic E-state index is 12.6. The molecule has 0 amide bonds. The van der Waals surface area contributed by atoms with Gasteiger partial charge in [0, 0.05) is 30.8 Å². The standard InChI is InChI=1S/C51H36N4O/c1-54-46-29-28-38(31-47(46)55(2)51(54)56)37-18-13-19-39(30-37)45-32-44(52-50(53-45)36-16-7-4-8-17-36)33-24-26-35(27-25-33)49-42-22-11-9-20-40(42)48(34-14-5-3-6-15-34)41-21-10-12-23-43(41)49/h3-32H,1-2H3. The van der Waals surface area contributed by atoms with Crippen molar-refractivity contribution in [2.75, 3.05) is 0 Å². The van der Waals surface area contributed by atoms with Gasteiger partial charge in [-0.1, -0.05) is 158 Å². The molecule has 0 unspecified atom stereocenters. The molecule has 0 aliphatic rings. The smallest absolute Gasteiger partial charge is 0.295 e. The second-order valence-corrected chi connectivity index (χ2v) is 14.3. The van der Waals surface area contributed by atoms with E-state index in [1.165, 1.54) is 38.2 Å². The van der Waals surface area contributed by atoms with Crippen LogP contribution >= 0.6 is 0 Å². The SMILES string of the molecule is Cn1c(=O)n(C)c2cc(-c3cccc(-c4cc(-c5ccc(-c6c7ccccc7c(-c7ccccc7)c7ccccc67)cc5)nc(-c5ccccc5)n4)c3)ccc21. The van der Waals surface area contributed by atoms with E-state index in [0.717, 1.165) is 55.8 Å². The van der Waals surface area contributed by atoms with Gasteiger partial charge < -0.3 is 0 Å². The average Bonchev–Trinajstić information content (AvgIpc) is 3.48. The average molecular weight is 721 g/mol. The van der Waals surface area contributed by atoms with Gasteiger partial charge in [-0.2, -0.15) is 0 Å². The van der Waals surface area contributed by atoms with Crippen LogP contribution in [0.5, 0.6) is 0 Å². The largest absolute Gasteiger partial charge is 0.328 e. The van der Waals surface area contributed by atoms with Crippen LogP contribution in [-0.4, -0.2) is 19.1 Å². The molecule has 2 aromatic heterocycles. The first kappa shape index (κ1) is 33.2. The fourth-order valence-corrected chi connectivity index (χ4v) is 8.17. The van der Waals surface area contributed by atoms with Crippen LogP contribution in [0.25, 0.3) is 99.9 Å². The molecule has 0 saturated heterocycles. The predicted octanol–water partition coefficient (Wildman–Crippen LogP) is 12.0. The van der Waals surface area contributed by atoms with E-state index in [1.807, 2.05) is 38.4 Å². The minimum Gasteiger partial charge on any atom is -0.295 e. The lowest BCUT2D eigenvalue weighted by Gasteiger charge is -2.18. The Balaban J connectivity index is 1.09. The second kappa shape index (κ2) is 13.5. The topological polar surface area (TPSA) is 52.7 Å². The molecule has 5 nitrogen and oxygen atoms in total. The van der Waals surface area contributed by atoms with Crippen LogP contribution < -0.4 is 5.69 Å². The van der Waals surface area contributed by atoms with Crippen LogP contribution in [0.4, 0.5) is 0 Å². The monoisotopic (exact) mass is 720 g/mol. The number of rotatable bonds is 6. The van der Waals surface area contributed by atoms with Crippen molar-refractivity contribution in [3.8, 4) is 67.3 Å². The molecule has 0 spiro atoms. The van der Waals surface area contributed by atoms with Gasteiger partial charge in [0.25, 0.3) is 0 Å². The maximum atomic E-state index is 12.6. The third-order valence-corrected chi connectivity index (χ3v) is 11.0. The summed E-state index contributed by atoms with van der Waals surface area (Å²) < 4.78 is 3.38. The van der Waals surface area contributed by atoms with E-state index < -0.39 is 0 Å². The molecule has 0 aliphatic heterocycles. The molecule has 0 aliphatic carbocycles. The first-order valence-corrected chi connectivity index (χ1v) is 18.8. The molecule has 0 N–H and O–H groups in total. The Morgan fingerprint density at radius 2 is 0.786 bits per heavy atom. The summed E-state index contributed by atoms with van der Waals surface area (Å²) in [5.74, 6) is 0.668. The van der Waals surface area contributed by atoms with Gasteiger partial charge in [-0.05, 0) is 79.2 Å². The van der Waals surface area contributed by atoms with Gasteiger partial charge in [0.2, 0.25) is 0 Å². The van der Waals surface area contributed by atoms with E-state index in [-0.39, 0.29) is 5.69 Å². The number of imidazole rings is 1. The highest BCUT2D eigenvalue weighted by atomic mass is 16.1. The Labute approximate surface area is 324 Å². The third kappa shape index (κ3) is 5.60. The molecule has 0 fully saturated rings.